The van der Waals surface area contributed by atoms with E-state index in [1.165, 1.54) is 6.92 Å². The molecule has 0 aromatic carbocycles. The predicted octanol–water partition coefficient (Wildman–Crippen LogP) is 1.17. The van der Waals surface area contributed by atoms with E-state index >= 15 is 0 Å². The minimum atomic E-state index is -4.41. The van der Waals surface area contributed by atoms with Gasteiger partial charge in [-0.15, -0.1) is 0 Å². The zero-order valence-corrected chi connectivity index (χ0v) is 6.98. The maximum atomic E-state index is 11.7. The number of carboxylic acid groups (broad SMARTS) is 1. The van der Waals surface area contributed by atoms with Crippen LogP contribution < -0.4 is 5.32 Å². The molecule has 0 fully saturated rings. The first-order valence-electron chi connectivity index (χ1n) is 3.42. The lowest BCUT2D eigenvalue weighted by Crippen LogP contribution is -2.42. The number of nitrogens with one attached hydrogen (secondary N) is 1. The molecule has 0 aromatic rings. The van der Waals surface area contributed by atoms with Gasteiger partial charge < -0.3 is 5.11 Å². The molecule has 0 heterocycles. The van der Waals surface area contributed by atoms with Crippen molar-refractivity contribution in [2.45, 2.75) is 19.1 Å². The number of alkyl halides is 3. The average molecular weight is 197 g/mol. The molecule has 0 rings (SSSR count). The third-order valence-corrected chi connectivity index (χ3v) is 1.25. The van der Waals surface area contributed by atoms with Gasteiger partial charge in [-0.05, 0) is 6.92 Å². The maximum absolute atomic E-state index is 11.7. The Labute approximate surface area is 73.2 Å². The van der Waals surface area contributed by atoms with Crippen LogP contribution in [0.3, 0.4) is 0 Å². The molecule has 0 radical (unpaired) electrons. The number of carbonyl (C=O) groups is 1. The van der Waals surface area contributed by atoms with Gasteiger partial charge in [0.15, 0.2) is 0 Å². The molecule has 0 aliphatic rings. The van der Waals surface area contributed by atoms with Crippen LogP contribution in [0.2, 0.25) is 0 Å². The molecule has 0 aliphatic carbocycles. The van der Waals surface area contributed by atoms with Crippen LogP contribution >= 0.6 is 0 Å². The second-order valence-corrected chi connectivity index (χ2v) is 2.61. The summed E-state index contributed by atoms with van der Waals surface area (Å²) in [6.45, 7) is 3.28. The molecular formula is C7H10F3NO2. The van der Waals surface area contributed by atoms with Gasteiger partial charge >= 0.3 is 12.1 Å². The van der Waals surface area contributed by atoms with E-state index in [-0.39, 0.29) is 5.57 Å². The summed E-state index contributed by atoms with van der Waals surface area (Å²) in [7, 11) is 0. The highest BCUT2D eigenvalue weighted by atomic mass is 19.4. The smallest absolute Gasteiger partial charge is 0.401 e. The number of hydrogen-bond acceptors (Lipinski definition) is 2. The van der Waals surface area contributed by atoms with Crippen LogP contribution in [-0.2, 0) is 4.79 Å². The van der Waals surface area contributed by atoms with Gasteiger partial charge in [0.2, 0.25) is 0 Å². The molecule has 1 atom stereocenters. The molecule has 0 aromatic heterocycles. The van der Waals surface area contributed by atoms with Crippen LogP contribution in [0, 0.1) is 0 Å². The van der Waals surface area contributed by atoms with Crippen molar-refractivity contribution in [1.29, 1.82) is 0 Å². The molecule has 2 N–H and O–H groups in total. The number of aliphatic carboxylic acids is 1. The summed E-state index contributed by atoms with van der Waals surface area (Å²) < 4.78 is 35.0. The fourth-order valence-corrected chi connectivity index (χ4v) is 0.690. The van der Waals surface area contributed by atoms with Crippen LogP contribution in [0.4, 0.5) is 13.2 Å². The Morgan fingerprint density at radius 1 is 1.62 bits per heavy atom. The first-order chi connectivity index (χ1) is 5.74. The van der Waals surface area contributed by atoms with Gasteiger partial charge in [0, 0.05) is 0 Å². The number of hydrogen-bond donors (Lipinski definition) is 2. The number of rotatable bonds is 4. The lowest BCUT2D eigenvalue weighted by molar-refractivity contribution is -0.142. The van der Waals surface area contributed by atoms with Crippen LogP contribution in [-0.4, -0.2) is 29.8 Å². The fourth-order valence-electron chi connectivity index (χ4n) is 0.690. The Bertz CT molecular complexity index is 198. The Kier molecular flexibility index (Phi) is 3.93. The Morgan fingerprint density at radius 3 is 2.31 bits per heavy atom. The van der Waals surface area contributed by atoms with Crippen molar-refractivity contribution >= 4 is 5.97 Å². The summed E-state index contributed by atoms with van der Waals surface area (Å²) in [6, 6.07) is -1.35. The highest BCUT2D eigenvalue weighted by molar-refractivity contribution is 5.77. The fraction of sp³-hybridized carbons (Fsp3) is 0.571. The molecule has 76 valence electrons. The summed E-state index contributed by atoms with van der Waals surface area (Å²) in [4.78, 5) is 10.4. The second kappa shape index (κ2) is 4.27. The third kappa shape index (κ3) is 5.24. The topological polar surface area (TPSA) is 49.3 Å². The van der Waals surface area contributed by atoms with E-state index in [1.807, 2.05) is 5.32 Å². The van der Waals surface area contributed by atoms with Gasteiger partial charge in [-0.25, -0.2) is 0 Å². The summed E-state index contributed by atoms with van der Waals surface area (Å²) in [6.07, 6.45) is -4.41. The van der Waals surface area contributed by atoms with Gasteiger partial charge in [-0.3, -0.25) is 10.1 Å². The molecular weight excluding hydrogens is 187 g/mol. The highest BCUT2D eigenvalue weighted by Gasteiger charge is 2.30. The molecule has 0 saturated heterocycles. The van der Waals surface area contributed by atoms with Gasteiger partial charge in [-0.2, -0.15) is 13.2 Å². The minimum Gasteiger partial charge on any atom is -0.480 e. The minimum absolute atomic E-state index is 0.136. The lowest BCUT2D eigenvalue weighted by Gasteiger charge is -2.15. The quantitative estimate of drug-likeness (QED) is 0.665. The van der Waals surface area contributed by atoms with Gasteiger partial charge in [-0.1, -0.05) is 12.2 Å². The van der Waals surface area contributed by atoms with E-state index in [1.54, 1.807) is 0 Å². The highest BCUT2D eigenvalue weighted by Crippen LogP contribution is 2.13. The molecule has 1 unspecified atom stereocenters. The van der Waals surface area contributed by atoms with Gasteiger partial charge in [0.05, 0.1) is 6.54 Å². The predicted molar refractivity (Wildman–Crippen MR) is 40.3 cm³/mol. The largest absolute Gasteiger partial charge is 0.480 e. The van der Waals surface area contributed by atoms with Crippen molar-refractivity contribution in [2.24, 2.45) is 0 Å². The van der Waals surface area contributed by atoms with E-state index in [0.717, 1.165) is 0 Å². The normalized spacial score (nSPS) is 13.8. The first-order valence-corrected chi connectivity index (χ1v) is 3.42. The molecule has 13 heavy (non-hydrogen) atoms. The zero-order chi connectivity index (χ0) is 10.6. The van der Waals surface area contributed by atoms with E-state index in [0.29, 0.717) is 0 Å². The summed E-state index contributed by atoms with van der Waals surface area (Å²) in [5.41, 5.74) is 0.136. The average Bonchev–Trinajstić information content (AvgIpc) is 1.82. The van der Waals surface area contributed by atoms with Crippen molar-refractivity contribution in [1.82, 2.24) is 5.32 Å². The number of carboxylic acids is 1. The van der Waals surface area contributed by atoms with Gasteiger partial charge in [0.25, 0.3) is 0 Å². The molecule has 0 saturated carbocycles. The third-order valence-electron chi connectivity index (χ3n) is 1.25. The lowest BCUT2D eigenvalue weighted by atomic mass is 10.1. The van der Waals surface area contributed by atoms with E-state index in [9.17, 15) is 18.0 Å². The van der Waals surface area contributed by atoms with Crippen LogP contribution in [0.25, 0.3) is 0 Å². The second-order valence-electron chi connectivity index (χ2n) is 2.61. The molecule has 6 heteroatoms. The first kappa shape index (κ1) is 12.0. The Hall–Kier alpha value is -1.04. The van der Waals surface area contributed by atoms with Crippen molar-refractivity contribution in [3.8, 4) is 0 Å². The Morgan fingerprint density at radius 2 is 2.08 bits per heavy atom. The van der Waals surface area contributed by atoms with E-state index < -0.39 is 24.7 Å². The van der Waals surface area contributed by atoms with Crippen LogP contribution in [0.15, 0.2) is 12.2 Å². The molecule has 0 aliphatic heterocycles. The summed E-state index contributed by atoms with van der Waals surface area (Å²) in [5, 5.41) is 10.3. The van der Waals surface area contributed by atoms with Crippen molar-refractivity contribution in [2.75, 3.05) is 6.54 Å². The summed E-state index contributed by atoms with van der Waals surface area (Å²) >= 11 is 0. The van der Waals surface area contributed by atoms with Crippen LogP contribution in [0.1, 0.15) is 6.92 Å². The van der Waals surface area contributed by atoms with E-state index in [4.69, 9.17) is 5.11 Å². The summed E-state index contributed by atoms with van der Waals surface area (Å²) in [5.74, 6) is -1.36. The zero-order valence-electron chi connectivity index (χ0n) is 6.98. The Balaban J connectivity index is 4.14. The van der Waals surface area contributed by atoms with Gasteiger partial charge in [0.1, 0.15) is 6.04 Å². The van der Waals surface area contributed by atoms with Crippen molar-refractivity contribution < 1.29 is 23.1 Å². The van der Waals surface area contributed by atoms with Crippen molar-refractivity contribution in [3.05, 3.63) is 12.2 Å². The molecule has 3 nitrogen and oxygen atoms in total. The molecule has 0 bridgehead atoms. The number of halogens is 3. The molecule has 0 amide bonds. The van der Waals surface area contributed by atoms with Crippen molar-refractivity contribution in [3.63, 3.8) is 0 Å². The monoisotopic (exact) mass is 197 g/mol. The van der Waals surface area contributed by atoms with Crippen LogP contribution in [0.5, 0.6) is 0 Å². The SMILES string of the molecule is C=C(C)C(NCC(F)(F)F)C(=O)O. The maximum Gasteiger partial charge on any atom is 0.401 e. The standard InChI is InChI=1S/C7H10F3NO2/c1-4(2)5(6(12)13)11-3-7(8,9)10/h5,11H,1,3H2,2H3,(H,12,13). The van der Waals surface area contributed by atoms with E-state index in [2.05, 4.69) is 6.58 Å². The molecule has 0 spiro atoms.